The van der Waals surface area contributed by atoms with Crippen LogP contribution in [0.25, 0.3) is 0 Å². The zero-order chi connectivity index (χ0) is 15.8. The first-order valence-electron chi connectivity index (χ1n) is 6.52. The molecule has 1 aromatic rings. The van der Waals surface area contributed by atoms with Crippen molar-refractivity contribution in [2.24, 2.45) is 0 Å². The first-order chi connectivity index (χ1) is 9.63. The Kier molecular flexibility index (Phi) is 3.94. The third kappa shape index (κ3) is 3.16. The molecule has 1 N–H and O–H groups in total. The Morgan fingerprint density at radius 2 is 2.14 bits per heavy atom. The molecule has 1 fully saturated rings. The molecular weight excluding hydrogens is 296 g/mol. The summed E-state index contributed by atoms with van der Waals surface area (Å²) in [7, 11) is -3.49. The van der Waals surface area contributed by atoms with E-state index in [1.807, 2.05) is 13.8 Å². The van der Waals surface area contributed by atoms with Crippen LogP contribution in [0.4, 0.5) is 11.4 Å². The number of hydrogen-bond donors (Lipinski definition) is 1. The maximum Gasteiger partial charge on any atom is 0.293 e. The number of nitrogens with one attached hydrogen (secondary N) is 1. The third-order valence-electron chi connectivity index (χ3n) is 3.90. The highest BCUT2D eigenvalue weighted by atomic mass is 32.2. The fourth-order valence-corrected chi connectivity index (χ4v) is 2.95. The van der Waals surface area contributed by atoms with E-state index in [2.05, 4.69) is 5.32 Å². The molecule has 1 aliphatic rings. The van der Waals surface area contributed by atoms with Crippen LogP contribution in [-0.4, -0.2) is 37.8 Å². The number of rotatable bonds is 4. The molecule has 0 amide bonds. The van der Waals surface area contributed by atoms with Gasteiger partial charge < -0.3 is 10.1 Å². The van der Waals surface area contributed by atoms with Crippen LogP contribution in [0.3, 0.4) is 0 Å². The molecule has 116 valence electrons. The SMILES string of the molecule is CC1OCCC1(C)Nc1ccc(S(C)(=O)=O)cc1[N+](=O)[O-]. The average Bonchev–Trinajstić information content (AvgIpc) is 2.68. The Morgan fingerprint density at radius 3 is 2.62 bits per heavy atom. The van der Waals surface area contributed by atoms with E-state index >= 15 is 0 Å². The van der Waals surface area contributed by atoms with E-state index in [9.17, 15) is 18.5 Å². The molecule has 7 nitrogen and oxygen atoms in total. The van der Waals surface area contributed by atoms with Crippen LogP contribution in [0, 0.1) is 10.1 Å². The summed E-state index contributed by atoms with van der Waals surface area (Å²) in [6.07, 6.45) is 1.65. The predicted octanol–water partition coefficient (Wildman–Crippen LogP) is 1.98. The van der Waals surface area contributed by atoms with Gasteiger partial charge in [-0.1, -0.05) is 0 Å². The molecule has 0 aromatic heterocycles. The Hall–Kier alpha value is -1.67. The lowest BCUT2D eigenvalue weighted by Crippen LogP contribution is -2.41. The van der Waals surface area contributed by atoms with Crippen molar-refractivity contribution in [3.8, 4) is 0 Å². The quantitative estimate of drug-likeness (QED) is 0.674. The van der Waals surface area contributed by atoms with Gasteiger partial charge in [-0.2, -0.15) is 0 Å². The summed E-state index contributed by atoms with van der Waals surface area (Å²) in [5.41, 5.74) is -0.373. The predicted molar refractivity (Wildman–Crippen MR) is 78.3 cm³/mol. The molecule has 21 heavy (non-hydrogen) atoms. The zero-order valence-corrected chi connectivity index (χ0v) is 12.9. The van der Waals surface area contributed by atoms with Crippen LogP contribution in [-0.2, 0) is 14.6 Å². The van der Waals surface area contributed by atoms with Gasteiger partial charge in [0.2, 0.25) is 0 Å². The summed E-state index contributed by atoms with van der Waals surface area (Å²) in [5.74, 6) is 0. The monoisotopic (exact) mass is 314 g/mol. The largest absolute Gasteiger partial charge is 0.376 e. The van der Waals surface area contributed by atoms with Crippen LogP contribution >= 0.6 is 0 Å². The van der Waals surface area contributed by atoms with Crippen molar-refractivity contribution in [3.05, 3.63) is 28.3 Å². The molecule has 1 heterocycles. The van der Waals surface area contributed by atoms with Crippen molar-refractivity contribution in [1.82, 2.24) is 0 Å². The highest BCUT2D eigenvalue weighted by Crippen LogP contribution is 2.34. The van der Waals surface area contributed by atoms with Gasteiger partial charge in [0.15, 0.2) is 9.84 Å². The highest BCUT2D eigenvalue weighted by Gasteiger charge is 2.38. The number of benzene rings is 1. The highest BCUT2D eigenvalue weighted by molar-refractivity contribution is 7.90. The van der Waals surface area contributed by atoms with Gasteiger partial charge in [-0.05, 0) is 32.4 Å². The lowest BCUT2D eigenvalue weighted by molar-refractivity contribution is -0.384. The van der Waals surface area contributed by atoms with Gasteiger partial charge >= 0.3 is 0 Å². The van der Waals surface area contributed by atoms with Crippen LogP contribution in [0.1, 0.15) is 20.3 Å². The van der Waals surface area contributed by atoms with E-state index in [0.29, 0.717) is 12.3 Å². The number of hydrogen-bond acceptors (Lipinski definition) is 6. The Morgan fingerprint density at radius 1 is 1.48 bits per heavy atom. The van der Waals surface area contributed by atoms with Crippen LogP contribution in [0.5, 0.6) is 0 Å². The molecule has 0 spiro atoms. The third-order valence-corrected chi connectivity index (χ3v) is 5.01. The molecule has 1 saturated heterocycles. The van der Waals surface area contributed by atoms with E-state index in [4.69, 9.17) is 4.74 Å². The molecule has 8 heteroatoms. The molecule has 0 bridgehead atoms. The van der Waals surface area contributed by atoms with E-state index in [0.717, 1.165) is 18.7 Å². The zero-order valence-electron chi connectivity index (χ0n) is 12.1. The molecule has 0 aliphatic carbocycles. The van der Waals surface area contributed by atoms with Gasteiger partial charge in [0, 0.05) is 18.9 Å². The van der Waals surface area contributed by atoms with Gasteiger partial charge in [-0.3, -0.25) is 10.1 Å². The second-order valence-electron chi connectivity index (χ2n) is 5.51. The Balaban J connectivity index is 2.42. The Labute approximate surface area is 123 Å². The Bertz CT molecular complexity index is 673. The molecule has 2 rings (SSSR count). The lowest BCUT2D eigenvalue weighted by atomic mass is 9.94. The standard InChI is InChI=1S/C13H18N2O5S/c1-9-13(2,6-7-20-9)14-11-5-4-10(21(3,18)19)8-12(11)15(16)17/h4-5,8-9,14H,6-7H2,1-3H3. The van der Waals surface area contributed by atoms with E-state index in [-0.39, 0.29) is 16.7 Å². The van der Waals surface area contributed by atoms with E-state index in [1.165, 1.54) is 12.1 Å². The van der Waals surface area contributed by atoms with Crippen LogP contribution in [0.2, 0.25) is 0 Å². The maximum atomic E-state index is 11.5. The second kappa shape index (κ2) is 5.27. The van der Waals surface area contributed by atoms with Crippen molar-refractivity contribution >= 4 is 21.2 Å². The van der Waals surface area contributed by atoms with Crippen molar-refractivity contribution < 1.29 is 18.1 Å². The van der Waals surface area contributed by atoms with Gasteiger partial charge in [-0.25, -0.2) is 8.42 Å². The molecular formula is C13H18N2O5S. The normalized spacial score (nSPS) is 25.8. The second-order valence-corrected chi connectivity index (χ2v) is 7.53. The van der Waals surface area contributed by atoms with Gasteiger partial charge in [0.05, 0.1) is 21.5 Å². The van der Waals surface area contributed by atoms with Crippen molar-refractivity contribution in [1.29, 1.82) is 0 Å². The van der Waals surface area contributed by atoms with Crippen molar-refractivity contribution in [2.75, 3.05) is 18.2 Å². The molecule has 1 aliphatic heterocycles. The van der Waals surface area contributed by atoms with Crippen molar-refractivity contribution in [2.45, 2.75) is 36.8 Å². The molecule has 2 atom stereocenters. The fourth-order valence-electron chi connectivity index (χ4n) is 2.31. The summed E-state index contributed by atoms with van der Waals surface area (Å²) < 4.78 is 28.5. The number of sulfone groups is 1. The fraction of sp³-hybridized carbons (Fsp3) is 0.538. The molecule has 0 saturated carbocycles. The summed E-state index contributed by atoms with van der Waals surface area (Å²) in [6, 6.07) is 3.89. The minimum Gasteiger partial charge on any atom is -0.376 e. The smallest absolute Gasteiger partial charge is 0.293 e. The maximum absolute atomic E-state index is 11.5. The summed E-state index contributed by atoms with van der Waals surface area (Å²) in [6.45, 7) is 4.41. The molecule has 1 aromatic carbocycles. The number of nitro benzene ring substituents is 1. The number of ether oxygens (including phenoxy) is 1. The topological polar surface area (TPSA) is 98.5 Å². The average molecular weight is 314 g/mol. The lowest BCUT2D eigenvalue weighted by Gasteiger charge is -2.29. The van der Waals surface area contributed by atoms with Gasteiger partial charge in [0.1, 0.15) is 5.69 Å². The first-order valence-corrected chi connectivity index (χ1v) is 8.41. The number of nitrogens with zero attached hydrogens (tertiary/aromatic N) is 1. The first kappa shape index (κ1) is 15.7. The van der Waals surface area contributed by atoms with Gasteiger partial charge in [-0.15, -0.1) is 0 Å². The van der Waals surface area contributed by atoms with Gasteiger partial charge in [0.25, 0.3) is 5.69 Å². The minimum absolute atomic E-state index is 0.0689. The minimum atomic E-state index is -3.49. The molecule has 0 radical (unpaired) electrons. The summed E-state index contributed by atoms with van der Waals surface area (Å²) in [5, 5.41) is 14.3. The number of anilines is 1. The van der Waals surface area contributed by atoms with E-state index in [1.54, 1.807) is 0 Å². The van der Waals surface area contributed by atoms with E-state index < -0.39 is 20.3 Å². The van der Waals surface area contributed by atoms with Crippen molar-refractivity contribution in [3.63, 3.8) is 0 Å². The summed E-state index contributed by atoms with van der Waals surface area (Å²) in [4.78, 5) is 10.5. The molecule has 2 unspecified atom stereocenters. The number of nitro groups is 1. The van der Waals surface area contributed by atoms with Crippen LogP contribution < -0.4 is 5.32 Å². The summed E-state index contributed by atoms with van der Waals surface area (Å²) >= 11 is 0. The van der Waals surface area contributed by atoms with Crippen LogP contribution in [0.15, 0.2) is 23.1 Å².